The SMILES string of the molecule is CCCc1ccc(C(O)c2ncc(C)cc2C)cc1. The van der Waals surface area contributed by atoms with Crippen LogP contribution in [-0.2, 0) is 6.42 Å². The highest BCUT2D eigenvalue weighted by atomic mass is 16.3. The molecule has 0 saturated carbocycles. The molecule has 1 N–H and O–H groups in total. The Balaban J connectivity index is 2.25. The van der Waals surface area contributed by atoms with E-state index < -0.39 is 6.10 Å². The molecule has 1 heterocycles. The Morgan fingerprint density at radius 3 is 2.42 bits per heavy atom. The Hall–Kier alpha value is -1.67. The maximum absolute atomic E-state index is 10.4. The number of hydrogen-bond donors (Lipinski definition) is 1. The van der Waals surface area contributed by atoms with Gasteiger partial charge in [-0.25, -0.2) is 0 Å². The van der Waals surface area contributed by atoms with Gasteiger partial charge in [0.1, 0.15) is 6.10 Å². The van der Waals surface area contributed by atoms with Crippen LogP contribution < -0.4 is 0 Å². The van der Waals surface area contributed by atoms with E-state index >= 15 is 0 Å². The van der Waals surface area contributed by atoms with Crippen molar-refractivity contribution in [2.75, 3.05) is 0 Å². The lowest BCUT2D eigenvalue weighted by atomic mass is 10.00. The van der Waals surface area contributed by atoms with Crippen LogP contribution in [0.15, 0.2) is 36.5 Å². The first-order valence-corrected chi connectivity index (χ1v) is 6.82. The third-order valence-electron chi connectivity index (χ3n) is 3.35. The standard InChI is InChI=1S/C17H21NO/c1-4-5-14-6-8-15(9-7-14)17(19)16-13(3)10-12(2)11-18-16/h6-11,17,19H,4-5H2,1-3H3. The van der Waals surface area contributed by atoms with Gasteiger partial charge in [-0.05, 0) is 42.5 Å². The molecule has 2 nitrogen and oxygen atoms in total. The first-order valence-electron chi connectivity index (χ1n) is 6.82. The van der Waals surface area contributed by atoms with Crippen molar-refractivity contribution >= 4 is 0 Å². The number of benzene rings is 1. The molecule has 0 bridgehead atoms. The lowest BCUT2D eigenvalue weighted by Gasteiger charge is -2.14. The molecular formula is C17H21NO. The summed E-state index contributed by atoms with van der Waals surface area (Å²) in [5.41, 5.74) is 5.11. The minimum Gasteiger partial charge on any atom is -0.382 e. The molecule has 1 atom stereocenters. The average molecular weight is 255 g/mol. The molecule has 19 heavy (non-hydrogen) atoms. The highest BCUT2D eigenvalue weighted by Crippen LogP contribution is 2.23. The van der Waals surface area contributed by atoms with Gasteiger partial charge < -0.3 is 5.11 Å². The smallest absolute Gasteiger partial charge is 0.121 e. The second-order valence-corrected chi connectivity index (χ2v) is 5.11. The summed E-state index contributed by atoms with van der Waals surface area (Å²) >= 11 is 0. The number of aromatic nitrogens is 1. The van der Waals surface area contributed by atoms with E-state index in [2.05, 4.69) is 30.1 Å². The van der Waals surface area contributed by atoms with Gasteiger partial charge in [-0.3, -0.25) is 4.98 Å². The Labute approximate surface area is 115 Å². The van der Waals surface area contributed by atoms with Crippen LogP contribution in [0.2, 0.25) is 0 Å². The molecule has 0 spiro atoms. The Morgan fingerprint density at radius 1 is 1.16 bits per heavy atom. The van der Waals surface area contributed by atoms with Crippen molar-refractivity contribution in [1.82, 2.24) is 4.98 Å². The number of nitrogens with zero attached hydrogens (tertiary/aromatic N) is 1. The fraction of sp³-hybridized carbons (Fsp3) is 0.353. The molecule has 100 valence electrons. The third kappa shape index (κ3) is 3.21. The molecule has 0 fully saturated rings. The summed E-state index contributed by atoms with van der Waals surface area (Å²) in [4.78, 5) is 4.36. The molecule has 2 aromatic rings. The lowest BCUT2D eigenvalue weighted by Crippen LogP contribution is -2.05. The van der Waals surface area contributed by atoms with Crippen LogP contribution in [0.3, 0.4) is 0 Å². The predicted molar refractivity (Wildman–Crippen MR) is 78.2 cm³/mol. The van der Waals surface area contributed by atoms with Gasteiger partial charge in [0.2, 0.25) is 0 Å². The van der Waals surface area contributed by atoms with E-state index in [0.717, 1.165) is 35.2 Å². The van der Waals surface area contributed by atoms with Crippen molar-refractivity contribution < 1.29 is 5.11 Å². The van der Waals surface area contributed by atoms with Gasteiger partial charge in [0, 0.05) is 6.20 Å². The maximum atomic E-state index is 10.4. The number of rotatable bonds is 4. The average Bonchev–Trinajstić information content (AvgIpc) is 2.39. The van der Waals surface area contributed by atoms with Gasteiger partial charge >= 0.3 is 0 Å². The monoisotopic (exact) mass is 255 g/mol. The third-order valence-corrected chi connectivity index (χ3v) is 3.35. The number of pyridine rings is 1. The van der Waals surface area contributed by atoms with Gasteiger partial charge in [0.05, 0.1) is 5.69 Å². The van der Waals surface area contributed by atoms with Gasteiger partial charge in [0.15, 0.2) is 0 Å². The molecule has 0 saturated heterocycles. The Morgan fingerprint density at radius 2 is 1.84 bits per heavy atom. The molecule has 0 radical (unpaired) electrons. The fourth-order valence-electron chi connectivity index (χ4n) is 2.33. The first-order chi connectivity index (χ1) is 9.11. The lowest BCUT2D eigenvalue weighted by molar-refractivity contribution is 0.214. The molecule has 0 aliphatic carbocycles. The van der Waals surface area contributed by atoms with Crippen molar-refractivity contribution in [2.24, 2.45) is 0 Å². The van der Waals surface area contributed by atoms with Gasteiger partial charge in [-0.1, -0.05) is 43.7 Å². The second-order valence-electron chi connectivity index (χ2n) is 5.11. The fourth-order valence-corrected chi connectivity index (χ4v) is 2.33. The summed E-state index contributed by atoms with van der Waals surface area (Å²) in [5, 5.41) is 10.4. The van der Waals surface area contributed by atoms with Crippen LogP contribution in [0.1, 0.15) is 47.4 Å². The molecule has 2 rings (SSSR count). The van der Waals surface area contributed by atoms with Gasteiger partial charge in [-0.15, -0.1) is 0 Å². The molecule has 2 heteroatoms. The van der Waals surface area contributed by atoms with Gasteiger partial charge in [0.25, 0.3) is 0 Å². The van der Waals surface area contributed by atoms with Crippen LogP contribution in [0.25, 0.3) is 0 Å². The Kier molecular flexibility index (Phi) is 4.33. The van der Waals surface area contributed by atoms with Crippen LogP contribution in [0, 0.1) is 13.8 Å². The highest BCUT2D eigenvalue weighted by Gasteiger charge is 2.14. The zero-order chi connectivity index (χ0) is 13.8. The quantitative estimate of drug-likeness (QED) is 0.903. The van der Waals surface area contributed by atoms with Gasteiger partial charge in [-0.2, -0.15) is 0 Å². The van der Waals surface area contributed by atoms with Crippen LogP contribution in [0.4, 0.5) is 0 Å². The highest BCUT2D eigenvalue weighted by molar-refractivity contribution is 5.33. The van der Waals surface area contributed by atoms with Crippen LogP contribution in [0.5, 0.6) is 0 Å². The zero-order valence-corrected chi connectivity index (χ0v) is 11.9. The molecule has 0 aliphatic heterocycles. The summed E-state index contributed by atoms with van der Waals surface area (Å²) in [7, 11) is 0. The Bertz CT molecular complexity index is 546. The van der Waals surface area contributed by atoms with Crippen LogP contribution in [-0.4, -0.2) is 10.1 Å². The molecular weight excluding hydrogens is 234 g/mol. The first kappa shape index (κ1) is 13.8. The topological polar surface area (TPSA) is 33.1 Å². The molecule has 0 amide bonds. The summed E-state index contributed by atoms with van der Waals surface area (Å²) in [5.74, 6) is 0. The number of hydrogen-bond acceptors (Lipinski definition) is 2. The normalized spacial score (nSPS) is 12.4. The summed E-state index contributed by atoms with van der Waals surface area (Å²) in [6.45, 7) is 6.17. The van der Waals surface area contributed by atoms with Crippen molar-refractivity contribution in [1.29, 1.82) is 0 Å². The number of aliphatic hydroxyl groups is 1. The molecule has 1 aromatic carbocycles. The predicted octanol–water partition coefficient (Wildman–Crippen LogP) is 3.73. The number of aliphatic hydroxyl groups excluding tert-OH is 1. The summed E-state index contributed by atoms with van der Waals surface area (Å²) in [6, 6.07) is 10.2. The van der Waals surface area contributed by atoms with Crippen molar-refractivity contribution in [3.8, 4) is 0 Å². The maximum Gasteiger partial charge on any atom is 0.121 e. The van der Waals surface area contributed by atoms with Crippen molar-refractivity contribution in [3.05, 3.63) is 64.5 Å². The second kappa shape index (κ2) is 5.98. The summed E-state index contributed by atoms with van der Waals surface area (Å²) in [6.07, 6.45) is 3.38. The van der Waals surface area contributed by atoms with Crippen LogP contribution >= 0.6 is 0 Å². The van der Waals surface area contributed by atoms with E-state index in [1.54, 1.807) is 6.20 Å². The largest absolute Gasteiger partial charge is 0.382 e. The molecule has 0 aliphatic rings. The van der Waals surface area contributed by atoms with E-state index in [1.807, 2.05) is 26.0 Å². The van der Waals surface area contributed by atoms with E-state index in [9.17, 15) is 5.11 Å². The minimum atomic E-state index is -0.642. The van der Waals surface area contributed by atoms with Crippen molar-refractivity contribution in [3.63, 3.8) is 0 Å². The van der Waals surface area contributed by atoms with E-state index in [0.29, 0.717) is 0 Å². The number of aryl methyl sites for hydroxylation is 3. The zero-order valence-electron chi connectivity index (χ0n) is 11.9. The van der Waals surface area contributed by atoms with E-state index in [4.69, 9.17) is 0 Å². The summed E-state index contributed by atoms with van der Waals surface area (Å²) < 4.78 is 0. The van der Waals surface area contributed by atoms with Crippen molar-refractivity contribution in [2.45, 2.75) is 39.7 Å². The van der Waals surface area contributed by atoms with E-state index in [1.165, 1.54) is 5.56 Å². The molecule has 1 aromatic heterocycles. The minimum absolute atomic E-state index is 0.642. The molecule has 1 unspecified atom stereocenters. The van der Waals surface area contributed by atoms with E-state index in [-0.39, 0.29) is 0 Å².